The fourth-order valence-corrected chi connectivity index (χ4v) is 5.13. The molecule has 1 aliphatic heterocycles. The van der Waals surface area contributed by atoms with Gasteiger partial charge in [0, 0.05) is 29.4 Å². The van der Waals surface area contributed by atoms with Gasteiger partial charge in [-0.1, -0.05) is 41.9 Å². The van der Waals surface area contributed by atoms with E-state index in [-0.39, 0.29) is 18.7 Å². The lowest BCUT2D eigenvalue weighted by Crippen LogP contribution is -2.36. The average Bonchev–Trinajstić information content (AvgIpc) is 2.73. The summed E-state index contributed by atoms with van der Waals surface area (Å²) in [6, 6.07) is 17.4. The monoisotopic (exact) mass is 444 g/mol. The lowest BCUT2D eigenvalue weighted by molar-refractivity contribution is 0.102. The molecule has 1 heterocycles. The second kappa shape index (κ2) is 8.18. The predicted octanol–water partition coefficient (Wildman–Crippen LogP) is 4.48. The Morgan fingerprint density at radius 1 is 1.00 bits per heavy atom. The van der Waals surface area contributed by atoms with E-state index >= 15 is 0 Å². The molecule has 5 nitrogen and oxygen atoms in total. The maximum atomic E-state index is 14.5. The highest BCUT2D eigenvalue weighted by molar-refractivity contribution is 7.89. The number of nitrogens with one attached hydrogen (secondary N) is 1. The largest absolute Gasteiger partial charge is 0.322 e. The van der Waals surface area contributed by atoms with Crippen LogP contribution < -0.4 is 5.32 Å². The van der Waals surface area contributed by atoms with E-state index in [1.807, 2.05) is 24.3 Å². The minimum Gasteiger partial charge on any atom is -0.322 e. The van der Waals surface area contributed by atoms with Gasteiger partial charge in [-0.2, -0.15) is 4.31 Å². The number of fused-ring (bicyclic) bond motifs is 1. The van der Waals surface area contributed by atoms with Crippen molar-refractivity contribution in [3.8, 4) is 0 Å². The third-order valence-electron chi connectivity index (χ3n) is 4.99. The molecule has 0 atom stereocenters. The number of sulfonamides is 1. The highest BCUT2D eigenvalue weighted by Crippen LogP contribution is 2.27. The molecule has 3 aromatic rings. The first-order valence-corrected chi connectivity index (χ1v) is 11.1. The van der Waals surface area contributed by atoms with Gasteiger partial charge in [-0.3, -0.25) is 4.79 Å². The van der Waals surface area contributed by atoms with Gasteiger partial charge in [0.15, 0.2) is 0 Å². The molecule has 3 aromatic carbocycles. The normalized spacial score (nSPS) is 14.2. The van der Waals surface area contributed by atoms with Crippen molar-refractivity contribution in [3.05, 3.63) is 94.3 Å². The van der Waals surface area contributed by atoms with Crippen LogP contribution in [0.25, 0.3) is 0 Å². The number of nitrogens with zero attached hydrogens (tertiary/aromatic N) is 1. The van der Waals surface area contributed by atoms with Crippen LogP contribution in [-0.2, 0) is 23.0 Å². The Morgan fingerprint density at radius 3 is 2.53 bits per heavy atom. The van der Waals surface area contributed by atoms with Gasteiger partial charge in [0.25, 0.3) is 5.91 Å². The van der Waals surface area contributed by atoms with Gasteiger partial charge < -0.3 is 5.32 Å². The zero-order valence-corrected chi connectivity index (χ0v) is 17.4. The van der Waals surface area contributed by atoms with Crippen LogP contribution in [0.4, 0.5) is 10.1 Å². The van der Waals surface area contributed by atoms with Crippen LogP contribution in [0.15, 0.2) is 71.6 Å². The number of amides is 1. The van der Waals surface area contributed by atoms with Crippen molar-refractivity contribution in [2.75, 3.05) is 11.9 Å². The van der Waals surface area contributed by atoms with E-state index in [1.165, 1.54) is 10.4 Å². The lowest BCUT2D eigenvalue weighted by atomic mass is 10.0. The number of carbonyl (C=O) groups is 1. The van der Waals surface area contributed by atoms with E-state index in [0.29, 0.717) is 17.1 Å². The van der Waals surface area contributed by atoms with E-state index in [2.05, 4.69) is 5.32 Å². The molecule has 30 heavy (non-hydrogen) atoms. The van der Waals surface area contributed by atoms with Crippen LogP contribution in [0.5, 0.6) is 0 Å². The molecular weight excluding hydrogens is 427 g/mol. The maximum absolute atomic E-state index is 14.5. The number of hydrogen-bond donors (Lipinski definition) is 1. The van der Waals surface area contributed by atoms with Gasteiger partial charge in [-0.05, 0) is 53.9 Å². The van der Waals surface area contributed by atoms with Crippen molar-refractivity contribution in [2.45, 2.75) is 17.9 Å². The van der Waals surface area contributed by atoms with Crippen LogP contribution >= 0.6 is 11.6 Å². The zero-order chi connectivity index (χ0) is 21.3. The van der Waals surface area contributed by atoms with Gasteiger partial charge >= 0.3 is 0 Å². The summed E-state index contributed by atoms with van der Waals surface area (Å²) in [6.45, 7) is 0.411. The Bertz CT molecular complexity index is 1230. The summed E-state index contributed by atoms with van der Waals surface area (Å²) < 4.78 is 42.0. The number of carbonyl (C=O) groups excluding carboxylic acids is 1. The van der Waals surface area contributed by atoms with Crippen molar-refractivity contribution in [1.82, 2.24) is 4.31 Å². The highest BCUT2D eigenvalue weighted by atomic mass is 35.5. The van der Waals surface area contributed by atoms with E-state index in [1.54, 1.807) is 24.3 Å². The molecule has 1 amide bonds. The average molecular weight is 445 g/mol. The van der Waals surface area contributed by atoms with Crippen molar-refractivity contribution in [2.24, 2.45) is 0 Å². The van der Waals surface area contributed by atoms with Crippen LogP contribution in [0, 0.1) is 5.82 Å². The number of rotatable bonds is 4. The Morgan fingerprint density at radius 2 is 1.77 bits per heavy atom. The molecule has 154 valence electrons. The Labute approximate surface area is 179 Å². The first-order valence-electron chi connectivity index (χ1n) is 9.28. The molecule has 0 spiro atoms. The van der Waals surface area contributed by atoms with Crippen molar-refractivity contribution in [3.63, 3.8) is 0 Å². The summed E-state index contributed by atoms with van der Waals surface area (Å²) in [5.41, 5.74) is 2.46. The van der Waals surface area contributed by atoms with E-state index in [0.717, 1.165) is 23.3 Å². The third kappa shape index (κ3) is 4.09. The summed E-state index contributed by atoms with van der Waals surface area (Å²) in [5.74, 6) is -1.45. The maximum Gasteiger partial charge on any atom is 0.255 e. The molecule has 0 radical (unpaired) electrons. The summed E-state index contributed by atoms with van der Waals surface area (Å²) >= 11 is 5.92. The smallest absolute Gasteiger partial charge is 0.255 e. The molecular formula is C22H18ClFN2O3S. The molecule has 0 aliphatic carbocycles. The Balaban J connectivity index is 1.62. The SMILES string of the molecule is O=C(Nc1cccc(Cl)c1)c1ccc(F)c(S(=O)(=O)N2CCc3ccccc3C2)c1. The molecule has 0 unspecified atom stereocenters. The van der Waals surface area contributed by atoms with Gasteiger partial charge in [0.1, 0.15) is 10.7 Å². The number of anilines is 1. The van der Waals surface area contributed by atoms with E-state index in [4.69, 9.17) is 11.6 Å². The second-order valence-electron chi connectivity index (χ2n) is 6.97. The first kappa shape index (κ1) is 20.5. The molecule has 0 saturated carbocycles. The fourth-order valence-electron chi connectivity index (χ4n) is 3.43. The molecule has 0 aromatic heterocycles. The number of hydrogen-bond acceptors (Lipinski definition) is 3. The highest BCUT2D eigenvalue weighted by Gasteiger charge is 2.31. The third-order valence-corrected chi connectivity index (χ3v) is 7.08. The van der Waals surface area contributed by atoms with Crippen LogP contribution in [0.3, 0.4) is 0 Å². The minimum atomic E-state index is -4.11. The molecule has 0 saturated heterocycles. The zero-order valence-electron chi connectivity index (χ0n) is 15.8. The molecule has 4 rings (SSSR count). The van der Waals surface area contributed by atoms with Crippen LogP contribution in [0.1, 0.15) is 21.5 Å². The minimum absolute atomic E-state index is 0.0346. The summed E-state index contributed by atoms with van der Waals surface area (Å²) in [7, 11) is -4.11. The fraction of sp³-hybridized carbons (Fsp3) is 0.136. The molecule has 8 heteroatoms. The first-order chi connectivity index (χ1) is 14.3. The van der Waals surface area contributed by atoms with Gasteiger partial charge in [-0.15, -0.1) is 0 Å². The Kier molecular flexibility index (Phi) is 5.60. The number of halogens is 2. The van der Waals surface area contributed by atoms with Crippen molar-refractivity contribution in [1.29, 1.82) is 0 Å². The summed E-state index contributed by atoms with van der Waals surface area (Å²) in [5, 5.41) is 3.08. The summed E-state index contributed by atoms with van der Waals surface area (Å²) in [4.78, 5) is 12.1. The van der Waals surface area contributed by atoms with Crippen molar-refractivity contribution < 1.29 is 17.6 Å². The predicted molar refractivity (Wildman–Crippen MR) is 114 cm³/mol. The van der Waals surface area contributed by atoms with E-state index in [9.17, 15) is 17.6 Å². The number of benzene rings is 3. The van der Waals surface area contributed by atoms with Crippen LogP contribution in [0.2, 0.25) is 5.02 Å². The molecule has 0 bridgehead atoms. The Hall–Kier alpha value is -2.74. The molecule has 0 fully saturated rings. The quantitative estimate of drug-likeness (QED) is 0.645. The van der Waals surface area contributed by atoms with Gasteiger partial charge in [0.05, 0.1) is 0 Å². The molecule has 1 N–H and O–H groups in total. The summed E-state index contributed by atoms with van der Waals surface area (Å²) in [6.07, 6.45) is 0.548. The molecule has 1 aliphatic rings. The van der Waals surface area contributed by atoms with Gasteiger partial charge in [0.2, 0.25) is 10.0 Å². The van der Waals surface area contributed by atoms with Crippen LogP contribution in [-0.4, -0.2) is 25.2 Å². The standard InChI is InChI=1S/C22H18ClFN2O3S/c23-18-6-3-7-19(13-18)25-22(27)16-8-9-20(24)21(12-16)30(28,29)26-11-10-15-4-1-2-5-17(15)14-26/h1-9,12-13H,10-11,14H2,(H,25,27). The topological polar surface area (TPSA) is 66.5 Å². The van der Waals surface area contributed by atoms with E-state index < -0.39 is 26.6 Å². The lowest BCUT2D eigenvalue weighted by Gasteiger charge is -2.28. The second-order valence-corrected chi connectivity index (χ2v) is 9.31. The van der Waals surface area contributed by atoms with Crippen molar-refractivity contribution >= 4 is 33.2 Å². The van der Waals surface area contributed by atoms with Gasteiger partial charge in [-0.25, -0.2) is 12.8 Å².